The number of imidazole rings is 1. The van der Waals surface area contributed by atoms with E-state index in [1.165, 1.54) is 43.0 Å². The fourth-order valence-corrected chi connectivity index (χ4v) is 5.97. The molecule has 6 atom stereocenters. The van der Waals surface area contributed by atoms with Crippen molar-refractivity contribution < 1.29 is 57.9 Å². The molecule has 1 unspecified atom stereocenters. The zero-order valence-corrected chi connectivity index (χ0v) is 22.5. The van der Waals surface area contributed by atoms with Gasteiger partial charge in [-0.05, 0) is 24.1 Å². The third-order valence-electron chi connectivity index (χ3n) is 7.67. The number of nitrogens with zero attached hydrogens (tertiary/aromatic N) is 2. The van der Waals surface area contributed by atoms with E-state index in [-0.39, 0.29) is 12.2 Å². The molecular weight excluding hydrogens is 544 g/mol. The molecule has 0 spiro atoms. The SMILES string of the molecule is COC(=O)C1=C(O)[C@H](C(=O)OC)C2(O)[C@@H](C(=O)OC)[C@H]1C[C@@H](c1ccc(OC(=O)n3ccnc3)cc1)[C@@H]2C(=O)OC. The van der Waals surface area contributed by atoms with Gasteiger partial charge in [0.15, 0.2) is 0 Å². The average Bonchev–Trinajstić information content (AvgIpc) is 3.51. The van der Waals surface area contributed by atoms with Crippen molar-refractivity contribution in [3.8, 4) is 5.75 Å². The van der Waals surface area contributed by atoms with Crippen LogP contribution >= 0.6 is 0 Å². The van der Waals surface area contributed by atoms with Crippen LogP contribution in [0.4, 0.5) is 4.79 Å². The fourth-order valence-electron chi connectivity index (χ4n) is 5.97. The fraction of sp³-hybridized carbons (Fsp3) is 0.407. The minimum absolute atomic E-state index is 0.143. The lowest BCUT2D eigenvalue weighted by Gasteiger charge is -2.55. The zero-order chi connectivity index (χ0) is 30.1. The second-order valence-corrected chi connectivity index (χ2v) is 9.49. The van der Waals surface area contributed by atoms with Gasteiger partial charge in [0, 0.05) is 24.2 Å². The molecule has 0 radical (unpaired) electrons. The Bertz CT molecular complexity index is 1380. The van der Waals surface area contributed by atoms with Crippen LogP contribution in [-0.2, 0) is 38.1 Å². The monoisotopic (exact) mass is 572 g/mol. The summed E-state index contributed by atoms with van der Waals surface area (Å²) < 4.78 is 26.0. The third kappa shape index (κ3) is 4.79. The van der Waals surface area contributed by atoms with Gasteiger partial charge in [0.1, 0.15) is 29.4 Å². The predicted octanol–water partition coefficient (Wildman–Crippen LogP) is 1.13. The topological polar surface area (TPSA) is 190 Å². The van der Waals surface area contributed by atoms with Crippen molar-refractivity contribution in [2.24, 2.45) is 23.7 Å². The second-order valence-electron chi connectivity index (χ2n) is 9.49. The van der Waals surface area contributed by atoms with Crippen LogP contribution in [0.1, 0.15) is 17.9 Å². The highest BCUT2D eigenvalue weighted by molar-refractivity contribution is 5.96. The average molecular weight is 573 g/mol. The minimum atomic E-state index is -2.66. The molecule has 2 N–H and O–H groups in total. The van der Waals surface area contributed by atoms with Gasteiger partial charge in [-0.25, -0.2) is 19.1 Å². The number of aliphatic hydroxyl groups excluding tert-OH is 1. The Morgan fingerprint density at radius 1 is 0.878 bits per heavy atom. The molecule has 2 bridgehead atoms. The van der Waals surface area contributed by atoms with E-state index in [0.717, 1.165) is 33.0 Å². The number of fused-ring (bicyclic) bond motifs is 2. The number of aromatic nitrogens is 2. The molecule has 0 saturated heterocycles. The van der Waals surface area contributed by atoms with Gasteiger partial charge in [-0.2, -0.15) is 0 Å². The zero-order valence-electron chi connectivity index (χ0n) is 22.5. The first kappa shape index (κ1) is 29.3. The van der Waals surface area contributed by atoms with Gasteiger partial charge in [0.25, 0.3) is 0 Å². The number of rotatable bonds is 6. The smallest absolute Gasteiger partial charge is 0.424 e. The summed E-state index contributed by atoms with van der Waals surface area (Å²) in [6.45, 7) is 0. The molecule has 0 aliphatic heterocycles. The highest BCUT2D eigenvalue weighted by atomic mass is 16.6. The molecule has 1 aromatic carbocycles. The van der Waals surface area contributed by atoms with Crippen LogP contribution in [0.25, 0.3) is 0 Å². The Morgan fingerprint density at radius 2 is 1.46 bits per heavy atom. The van der Waals surface area contributed by atoms with Gasteiger partial charge in [-0.1, -0.05) is 12.1 Å². The van der Waals surface area contributed by atoms with E-state index < -0.39 is 76.5 Å². The van der Waals surface area contributed by atoms with E-state index in [1.807, 2.05) is 0 Å². The highest BCUT2D eigenvalue weighted by Gasteiger charge is 2.71. The highest BCUT2D eigenvalue weighted by Crippen LogP contribution is 2.60. The Morgan fingerprint density at radius 3 is 1.98 bits per heavy atom. The molecular formula is C27H28N2O12. The minimum Gasteiger partial charge on any atom is -0.511 e. The number of hydrogen-bond acceptors (Lipinski definition) is 13. The maximum absolute atomic E-state index is 13.3. The summed E-state index contributed by atoms with van der Waals surface area (Å²) in [6, 6.07) is 5.92. The second kappa shape index (κ2) is 11.4. The standard InChI is InChI=1S/C27H28N2O12/c1-37-22(31)17-16-11-15(13-5-7-14(8-6-13)41-26(35)29-10-9-28-12-29)18(23(32)38-2)27(36,19(16)24(33)39-3)20(21(17)30)25(34)40-4/h5-10,12,15-16,18-20,30,36H,11H2,1-4H3/t15-,16-,18+,19+,20+,27?/m0/s1. The van der Waals surface area contributed by atoms with Crippen LogP contribution in [0.3, 0.4) is 0 Å². The maximum Gasteiger partial charge on any atom is 0.424 e. The number of ether oxygens (including phenoxy) is 5. The number of esters is 4. The summed E-state index contributed by atoms with van der Waals surface area (Å²) in [6.07, 6.45) is 3.18. The molecule has 4 rings (SSSR count). The van der Waals surface area contributed by atoms with Gasteiger partial charge >= 0.3 is 30.0 Å². The molecule has 2 aliphatic carbocycles. The molecule has 1 fully saturated rings. The van der Waals surface area contributed by atoms with Crippen molar-refractivity contribution in [1.29, 1.82) is 0 Å². The number of benzene rings is 1. The first-order valence-electron chi connectivity index (χ1n) is 12.3. The number of carbonyl (C=O) groups is 5. The Kier molecular flexibility index (Phi) is 8.14. The maximum atomic E-state index is 13.3. The molecule has 1 heterocycles. The molecule has 0 amide bonds. The van der Waals surface area contributed by atoms with Crippen LogP contribution in [0, 0.1) is 23.7 Å². The van der Waals surface area contributed by atoms with E-state index in [0.29, 0.717) is 5.56 Å². The number of hydrogen-bond donors (Lipinski definition) is 2. The summed E-state index contributed by atoms with van der Waals surface area (Å²) in [5.74, 6) is -12.6. The molecule has 1 aromatic heterocycles. The van der Waals surface area contributed by atoms with Crippen molar-refractivity contribution in [2.75, 3.05) is 28.4 Å². The number of carbonyl (C=O) groups excluding carboxylic acids is 5. The van der Waals surface area contributed by atoms with E-state index in [9.17, 15) is 34.2 Å². The third-order valence-corrected chi connectivity index (χ3v) is 7.67. The van der Waals surface area contributed by atoms with Crippen molar-refractivity contribution in [3.63, 3.8) is 0 Å². The van der Waals surface area contributed by atoms with Gasteiger partial charge < -0.3 is 33.9 Å². The van der Waals surface area contributed by atoms with Crippen molar-refractivity contribution in [2.45, 2.75) is 17.9 Å². The Hall–Kier alpha value is -4.72. The summed E-state index contributed by atoms with van der Waals surface area (Å²) in [4.78, 5) is 68.5. The molecule has 14 nitrogen and oxygen atoms in total. The summed E-state index contributed by atoms with van der Waals surface area (Å²) >= 11 is 0. The van der Waals surface area contributed by atoms with Gasteiger partial charge in [-0.3, -0.25) is 14.4 Å². The molecule has 41 heavy (non-hydrogen) atoms. The first-order valence-corrected chi connectivity index (χ1v) is 12.3. The molecule has 218 valence electrons. The summed E-state index contributed by atoms with van der Waals surface area (Å²) in [5.41, 5.74) is -2.68. The molecule has 2 aromatic rings. The predicted molar refractivity (Wildman–Crippen MR) is 134 cm³/mol. The van der Waals surface area contributed by atoms with Crippen LogP contribution in [0.2, 0.25) is 0 Å². The van der Waals surface area contributed by atoms with Crippen LogP contribution < -0.4 is 4.74 Å². The quantitative estimate of drug-likeness (QED) is 0.370. The van der Waals surface area contributed by atoms with Crippen LogP contribution in [-0.4, -0.2) is 83.8 Å². The normalized spacial score (nSPS) is 26.9. The van der Waals surface area contributed by atoms with Crippen LogP contribution in [0.5, 0.6) is 5.75 Å². The lowest BCUT2D eigenvalue weighted by molar-refractivity contribution is -0.208. The lowest BCUT2D eigenvalue weighted by Crippen LogP contribution is -2.68. The number of methoxy groups -OCH3 is 4. The van der Waals surface area contributed by atoms with Crippen molar-refractivity contribution >= 4 is 30.0 Å². The van der Waals surface area contributed by atoms with Crippen molar-refractivity contribution in [3.05, 3.63) is 59.9 Å². The molecule has 1 saturated carbocycles. The first-order chi connectivity index (χ1) is 19.5. The van der Waals surface area contributed by atoms with Crippen LogP contribution in [0.15, 0.2) is 54.3 Å². The lowest BCUT2D eigenvalue weighted by atomic mass is 9.49. The molecule has 14 heteroatoms. The summed E-state index contributed by atoms with van der Waals surface area (Å²) in [7, 11) is 4.13. The molecule has 2 aliphatic rings. The Balaban J connectivity index is 1.87. The summed E-state index contributed by atoms with van der Waals surface area (Å²) in [5, 5.41) is 23.5. The van der Waals surface area contributed by atoms with E-state index >= 15 is 0 Å². The van der Waals surface area contributed by atoms with E-state index in [2.05, 4.69) is 4.98 Å². The van der Waals surface area contributed by atoms with E-state index in [4.69, 9.17) is 23.7 Å². The van der Waals surface area contributed by atoms with E-state index in [1.54, 1.807) is 0 Å². The Labute approximate surface area is 233 Å². The largest absolute Gasteiger partial charge is 0.511 e. The van der Waals surface area contributed by atoms with Gasteiger partial charge in [0.05, 0.1) is 45.8 Å². The van der Waals surface area contributed by atoms with Gasteiger partial charge in [0.2, 0.25) is 0 Å². The van der Waals surface area contributed by atoms with Crippen molar-refractivity contribution in [1.82, 2.24) is 9.55 Å². The number of aliphatic hydroxyl groups is 2. The van der Waals surface area contributed by atoms with Gasteiger partial charge in [-0.15, -0.1) is 0 Å².